The average Bonchev–Trinajstić information content (AvgIpc) is 2.65. The van der Waals surface area contributed by atoms with Gasteiger partial charge in [-0.05, 0) is 55.2 Å². The summed E-state index contributed by atoms with van der Waals surface area (Å²) in [6.45, 7) is 5.15. The zero-order valence-electron chi connectivity index (χ0n) is 17.3. The molecule has 1 aliphatic rings. The molecule has 0 aliphatic carbocycles. The Morgan fingerprint density at radius 1 is 1.28 bits per heavy atom. The van der Waals surface area contributed by atoms with Gasteiger partial charge in [0, 0.05) is 31.9 Å². The second-order valence-corrected chi connectivity index (χ2v) is 9.88. The molecule has 0 bridgehead atoms. The SMILES string of the molecule is CCNC(=NCc1ccc(F)cc1CSC)NCC1CCN(S(C)(=O)=O)CC1.I. The smallest absolute Gasteiger partial charge is 0.211 e. The number of thioether (sulfide) groups is 1. The molecule has 0 spiro atoms. The maximum Gasteiger partial charge on any atom is 0.211 e. The van der Waals surface area contributed by atoms with Crippen LogP contribution in [0.15, 0.2) is 23.2 Å². The number of halogens is 2. The molecule has 10 heteroatoms. The number of nitrogens with zero attached hydrogens (tertiary/aromatic N) is 2. The normalized spacial score (nSPS) is 16.3. The summed E-state index contributed by atoms with van der Waals surface area (Å²) in [5.41, 5.74) is 2.00. The topological polar surface area (TPSA) is 73.8 Å². The summed E-state index contributed by atoms with van der Waals surface area (Å²) >= 11 is 1.66. The van der Waals surface area contributed by atoms with Gasteiger partial charge in [-0.1, -0.05) is 6.07 Å². The summed E-state index contributed by atoms with van der Waals surface area (Å²) in [6.07, 6.45) is 4.95. The number of aliphatic imine (C=N–C) groups is 1. The van der Waals surface area contributed by atoms with E-state index in [9.17, 15) is 12.8 Å². The van der Waals surface area contributed by atoms with E-state index in [1.165, 1.54) is 12.3 Å². The number of piperidine rings is 1. The van der Waals surface area contributed by atoms with E-state index >= 15 is 0 Å². The quantitative estimate of drug-likeness (QED) is 0.292. The molecule has 0 amide bonds. The van der Waals surface area contributed by atoms with Gasteiger partial charge in [0.2, 0.25) is 10.0 Å². The maximum atomic E-state index is 13.5. The highest BCUT2D eigenvalue weighted by Gasteiger charge is 2.24. The predicted molar refractivity (Wildman–Crippen MR) is 131 cm³/mol. The van der Waals surface area contributed by atoms with Crippen LogP contribution in [0.25, 0.3) is 0 Å². The molecule has 1 saturated heterocycles. The molecule has 1 aromatic rings. The average molecular weight is 559 g/mol. The van der Waals surface area contributed by atoms with Crippen LogP contribution in [0.1, 0.15) is 30.9 Å². The third-order valence-electron chi connectivity index (χ3n) is 4.82. The number of benzene rings is 1. The lowest BCUT2D eigenvalue weighted by Crippen LogP contribution is -2.44. The van der Waals surface area contributed by atoms with Crippen molar-refractivity contribution in [2.45, 2.75) is 32.1 Å². The fourth-order valence-electron chi connectivity index (χ4n) is 3.23. The van der Waals surface area contributed by atoms with E-state index < -0.39 is 10.0 Å². The summed E-state index contributed by atoms with van der Waals surface area (Å²) in [6, 6.07) is 4.86. The molecule has 0 atom stereocenters. The van der Waals surface area contributed by atoms with Gasteiger partial charge in [0.25, 0.3) is 0 Å². The molecule has 2 N–H and O–H groups in total. The summed E-state index contributed by atoms with van der Waals surface area (Å²) < 4.78 is 38.3. The molecule has 0 saturated carbocycles. The van der Waals surface area contributed by atoms with Crippen molar-refractivity contribution in [3.8, 4) is 0 Å². The van der Waals surface area contributed by atoms with Crippen LogP contribution in [0, 0.1) is 11.7 Å². The van der Waals surface area contributed by atoms with Gasteiger partial charge < -0.3 is 10.6 Å². The Labute approximate surface area is 195 Å². The Morgan fingerprint density at radius 2 is 1.97 bits per heavy atom. The molecule has 0 aromatic heterocycles. The fraction of sp³-hybridized carbons (Fsp3) is 0.632. The minimum atomic E-state index is -3.09. The van der Waals surface area contributed by atoms with E-state index in [2.05, 4.69) is 15.6 Å². The molecule has 1 heterocycles. The highest BCUT2D eigenvalue weighted by Crippen LogP contribution is 2.19. The summed E-state index contributed by atoms with van der Waals surface area (Å²) in [4.78, 5) is 4.65. The van der Waals surface area contributed by atoms with Crippen molar-refractivity contribution >= 4 is 51.7 Å². The third-order valence-corrected chi connectivity index (χ3v) is 6.72. The maximum absolute atomic E-state index is 13.5. The molecule has 1 aromatic carbocycles. The van der Waals surface area contributed by atoms with Gasteiger partial charge in [0.15, 0.2) is 5.96 Å². The number of rotatable bonds is 8. The van der Waals surface area contributed by atoms with Crippen LogP contribution in [0.3, 0.4) is 0 Å². The van der Waals surface area contributed by atoms with E-state index in [0.717, 1.165) is 48.8 Å². The van der Waals surface area contributed by atoms with Crippen LogP contribution in [-0.2, 0) is 22.3 Å². The molecule has 166 valence electrons. The molecule has 2 rings (SSSR count). The van der Waals surface area contributed by atoms with Crippen molar-refractivity contribution in [1.82, 2.24) is 14.9 Å². The zero-order chi connectivity index (χ0) is 20.6. The Kier molecular flexibility index (Phi) is 11.8. The van der Waals surface area contributed by atoms with Crippen molar-refractivity contribution in [2.75, 3.05) is 38.7 Å². The van der Waals surface area contributed by atoms with E-state index in [1.54, 1.807) is 28.2 Å². The molecule has 29 heavy (non-hydrogen) atoms. The Balaban J connectivity index is 0.00000420. The molecule has 6 nitrogen and oxygen atoms in total. The van der Waals surface area contributed by atoms with Crippen molar-refractivity contribution in [3.05, 3.63) is 35.1 Å². The summed E-state index contributed by atoms with van der Waals surface area (Å²) in [5.74, 6) is 1.68. The summed E-state index contributed by atoms with van der Waals surface area (Å²) in [7, 11) is -3.09. The van der Waals surface area contributed by atoms with Crippen LogP contribution in [0.2, 0.25) is 0 Å². The Morgan fingerprint density at radius 3 is 2.55 bits per heavy atom. The largest absolute Gasteiger partial charge is 0.357 e. The first-order chi connectivity index (χ1) is 13.3. The second-order valence-electron chi connectivity index (χ2n) is 7.03. The number of hydrogen-bond acceptors (Lipinski definition) is 4. The van der Waals surface area contributed by atoms with Gasteiger partial charge in [-0.3, -0.25) is 0 Å². The van der Waals surface area contributed by atoms with Gasteiger partial charge in [-0.25, -0.2) is 22.1 Å². The molecule has 1 fully saturated rings. The third kappa shape index (κ3) is 8.97. The van der Waals surface area contributed by atoms with Gasteiger partial charge in [0.05, 0.1) is 12.8 Å². The lowest BCUT2D eigenvalue weighted by atomic mass is 9.98. The highest BCUT2D eigenvalue weighted by molar-refractivity contribution is 14.0. The number of sulfonamides is 1. The van der Waals surface area contributed by atoms with Gasteiger partial charge >= 0.3 is 0 Å². The van der Waals surface area contributed by atoms with Crippen LogP contribution in [0.4, 0.5) is 4.39 Å². The van der Waals surface area contributed by atoms with Gasteiger partial charge in [0.1, 0.15) is 5.82 Å². The monoisotopic (exact) mass is 558 g/mol. The van der Waals surface area contributed by atoms with Crippen molar-refractivity contribution in [2.24, 2.45) is 10.9 Å². The van der Waals surface area contributed by atoms with Crippen molar-refractivity contribution < 1.29 is 12.8 Å². The van der Waals surface area contributed by atoms with Crippen molar-refractivity contribution in [3.63, 3.8) is 0 Å². The minimum Gasteiger partial charge on any atom is -0.357 e. The molecule has 0 radical (unpaired) electrons. The van der Waals surface area contributed by atoms with Crippen LogP contribution in [0.5, 0.6) is 0 Å². The second kappa shape index (κ2) is 13.0. The van der Waals surface area contributed by atoms with Crippen LogP contribution >= 0.6 is 35.7 Å². The molecule has 0 unspecified atom stereocenters. The lowest BCUT2D eigenvalue weighted by Gasteiger charge is -2.30. The fourth-order valence-corrected chi connectivity index (χ4v) is 4.68. The Hall–Kier alpha value is -0.590. The van der Waals surface area contributed by atoms with E-state index in [0.29, 0.717) is 25.6 Å². The number of hydrogen-bond donors (Lipinski definition) is 2. The first-order valence-electron chi connectivity index (χ1n) is 9.57. The van der Waals surface area contributed by atoms with E-state index in [1.807, 2.05) is 13.2 Å². The summed E-state index contributed by atoms with van der Waals surface area (Å²) in [5, 5.41) is 6.61. The Bertz CT molecular complexity index is 769. The van der Waals surface area contributed by atoms with Gasteiger partial charge in [-0.15, -0.1) is 24.0 Å². The van der Waals surface area contributed by atoms with Crippen LogP contribution in [-0.4, -0.2) is 57.4 Å². The van der Waals surface area contributed by atoms with Gasteiger partial charge in [-0.2, -0.15) is 11.8 Å². The van der Waals surface area contributed by atoms with Crippen LogP contribution < -0.4 is 10.6 Å². The number of guanidine groups is 1. The molecule has 1 aliphatic heterocycles. The lowest BCUT2D eigenvalue weighted by molar-refractivity contribution is 0.275. The number of nitrogens with one attached hydrogen (secondary N) is 2. The van der Waals surface area contributed by atoms with E-state index in [4.69, 9.17) is 0 Å². The van der Waals surface area contributed by atoms with E-state index in [-0.39, 0.29) is 29.8 Å². The molecular formula is C19H32FIN4O2S2. The van der Waals surface area contributed by atoms with Crippen molar-refractivity contribution in [1.29, 1.82) is 0 Å². The predicted octanol–water partition coefficient (Wildman–Crippen LogP) is 3.03. The zero-order valence-corrected chi connectivity index (χ0v) is 21.2. The highest BCUT2D eigenvalue weighted by atomic mass is 127. The standard InChI is InChI=1S/C19H31FN4O2S2.HI/c1-4-21-19(22-12-15-7-9-24(10-8-15)28(3,25)26)23-13-16-5-6-18(20)11-17(16)14-27-2;/h5-6,11,15H,4,7-10,12-14H2,1-3H3,(H2,21,22,23);1H. The molecular weight excluding hydrogens is 526 g/mol. The minimum absolute atomic E-state index is 0. The first-order valence-corrected chi connectivity index (χ1v) is 12.8. The first kappa shape index (κ1) is 26.4.